The molecule has 1 amide bonds. The van der Waals surface area contributed by atoms with E-state index in [2.05, 4.69) is 5.32 Å². The van der Waals surface area contributed by atoms with Gasteiger partial charge in [0.25, 0.3) is 5.69 Å². The van der Waals surface area contributed by atoms with Gasteiger partial charge in [0.05, 0.1) is 23.0 Å². The standard InChI is InChI=1S/C18H28N4O6S/c1-14-5-4-9-21(12-14)29(26,27)15-6-7-16(17(11-15)22(24)25)20(2)13-18(23)19-8-10-28-3/h6-7,11,14H,4-5,8-10,12-13H2,1-3H3,(H,19,23). The fraction of sp³-hybridized carbons (Fsp3) is 0.611. The van der Waals surface area contributed by atoms with Crippen molar-refractivity contribution < 1.29 is 22.9 Å². The Morgan fingerprint density at radius 2 is 2.17 bits per heavy atom. The van der Waals surface area contributed by atoms with Crippen molar-refractivity contribution in [3.8, 4) is 0 Å². The lowest BCUT2D eigenvalue weighted by Gasteiger charge is -2.30. The molecular formula is C18H28N4O6S. The first-order valence-corrected chi connectivity index (χ1v) is 10.9. The maximum atomic E-state index is 12.9. The molecule has 162 valence electrons. The summed E-state index contributed by atoms with van der Waals surface area (Å²) in [5, 5.41) is 14.2. The van der Waals surface area contributed by atoms with Crippen molar-refractivity contribution in [1.29, 1.82) is 0 Å². The third-order valence-electron chi connectivity index (χ3n) is 4.82. The number of methoxy groups -OCH3 is 1. The van der Waals surface area contributed by atoms with Gasteiger partial charge in [-0.05, 0) is 30.9 Å². The normalized spacial score (nSPS) is 17.7. The first-order chi connectivity index (χ1) is 13.7. The molecule has 1 aliphatic heterocycles. The van der Waals surface area contributed by atoms with Gasteiger partial charge < -0.3 is 15.0 Å². The van der Waals surface area contributed by atoms with Crippen LogP contribution in [0.4, 0.5) is 11.4 Å². The number of hydrogen-bond acceptors (Lipinski definition) is 7. The number of likely N-dealkylation sites (N-methyl/N-ethyl adjacent to an activating group) is 1. The second-order valence-corrected chi connectivity index (χ2v) is 9.15. The number of ether oxygens (including phenoxy) is 1. The van der Waals surface area contributed by atoms with E-state index in [1.807, 2.05) is 6.92 Å². The highest BCUT2D eigenvalue weighted by molar-refractivity contribution is 7.89. The number of hydrogen-bond donors (Lipinski definition) is 1. The third kappa shape index (κ3) is 5.87. The van der Waals surface area contributed by atoms with Crippen molar-refractivity contribution in [2.45, 2.75) is 24.7 Å². The van der Waals surface area contributed by atoms with Gasteiger partial charge in [0.2, 0.25) is 15.9 Å². The van der Waals surface area contributed by atoms with Crippen LogP contribution >= 0.6 is 0 Å². The minimum atomic E-state index is -3.81. The Morgan fingerprint density at radius 3 is 2.79 bits per heavy atom. The van der Waals surface area contributed by atoms with Crippen molar-refractivity contribution in [2.24, 2.45) is 5.92 Å². The van der Waals surface area contributed by atoms with Crippen molar-refractivity contribution in [3.63, 3.8) is 0 Å². The number of carbonyl (C=O) groups excluding carboxylic acids is 1. The molecule has 1 saturated heterocycles. The molecule has 1 aromatic rings. The van der Waals surface area contributed by atoms with Crippen LogP contribution in [0.25, 0.3) is 0 Å². The van der Waals surface area contributed by atoms with E-state index < -0.39 is 14.9 Å². The zero-order valence-electron chi connectivity index (χ0n) is 17.0. The molecule has 10 nitrogen and oxygen atoms in total. The number of carbonyl (C=O) groups is 1. The average Bonchev–Trinajstić information content (AvgIpc) is 2.67. The van der Waals surface area contributed by atoms with Crippen molar-refractivity contribution in [1.82, 2.24) is 9.62 Å². The molecule has 1 fully saturated rings. The van der Waals surface area contributed by atoms with Crippen LogP contribution in [0.1, 0.15) is 19.8 Å². The first-order valence-electron chi connectivity index (χ1n) is 9.42. The molecule has 29 heavy (non-hydrogen) atoms. The van der Waals surface area contributed by atoms with Crippen molar-refractivity contribution in [2.75, 3.05) is 51.8 Å². The molecule has 1 aliphatic rings. The Hall–Kier alpha value is -2.24. The number of nitro groups is 1. The minimum absolute atomic E-state index is 0.111. The molecule has 0 radical (unpaired) electrons. The van der Waals surface area contributed by atoms with E-state index >= 15 is 0 Å². The molecule has 1 heterocycles. The molecule has 1 aromatic carbocycles. The summed E-state index contributed by atoms with van der Waals surface area (Å²) in [4.78, 5) is 24.2. The van der Waals surface area contributed by atoms with Gasteiger partial charge >= 0.3 is 0 Å². The summed E-state index contributed by atoms with van der Waals surface area (Å²) >= 11 is 0. The van der Waals surface area contributed by atoms with Crippen LogP contribution in [-0.4, -0.2) is 70.5 Å². The number of piperidine rings is 1. The Morgan fingerprint density at radius 1 is 1.45 bits per heavy atom. The summed E-state index contributed by atoms with van der Waals surface area (Å²) in [6.07, 6.45) is 1.73. The van der Waals surface area contributed by atoms with Gasteiger partial charge in [0.15, 0.2) is 0 Å². The van der Waals surface area contributed by atoms with Crippen LogP contribution in [0, 0.1) is 16.0 Å². The third-order valence-corrected chi connectivity index (χ3v) is 6.68. The van der Waals surface area contributed by atoms with E-state index in [0.29, 0.717) is 26.2 Å². The van der Waals surface area contributed by atoms with Gasteiger partial charge in [-0.15, -0.1) is 0 Å². The number of nitro benzene ring substituents is 1. The fourth-order valence-electron chi connectivity index (χ4n) is 3.30. The van der Waals surface area contributed by atoms with Crippen LogP contribution in [0.3, 0.4) is 0 Å². The van der Waals surface area contributed by atoms with Crippen molar-refractivity contribution >= 4 is 27.3 Å². The van der Waals surface area contributed by atoms with Crippen molar-refractivity contribution in [3.05, 3.63) is 28.3 Å². The van der Waals surface area contributed by atoms with Crippen LogP contribution < -0.4 is 10.2 Å². The maximum absolute atomic E-state index is 12.9. The minimum Gasteiger partial charge on any atom is -0.383 e. The van der Waals surface area contributed by atoms with E-state index in [9.17, 15) is 23.3 Å². The first kappa shape index (κ1) is 23.0. The van der Waals surface area contributed by atoms with E-state index in [0.717, 1.165) is 18.9 Å². The molecule has 1 atom stereocenters. The molecule has 0 saturated carbocycles. The van der Waals surface area contributed by atoms with Gasteiger partial charge in [-0.2, -0.15) is 4.31 Å². The average molecular weight is 429 g/mol. The second-order valence-electron chi connectivity index (χ2n) is 7.22. The fourth-order valence-corrected chi connectivity index (χ4v) is 4.91. The molecule has 0 spiro atoms. The van der Waals surface area contributed by atoms with E-state index in [1.54, 1.807) is 7.05 Å². The van der Waals surface area contributed by atoms with Crippen LogP contribution in [-0.2, 0) is 19.6 Å². The monoisotopic (exact) mass is 428 g/mol. The predicted octanol–water partition coefficient (Wildman–Crippen LogP) is 1.21. The van der Waals surface area contributed by atoms with E-state index in [1.165, 1.54) is 28.4 Å². The molecular weight excluding hydrogens is 400 g/mol. The highest BCUT2D eigenvalue weighted by Crippen LogP contribution is 2.32. The van der Waals surface area contributed by atoms with Crippen LogP contribution in [0.15, 0.2) is 23.1 Å². The molecule has 0 bridgehead atoms. The van der Waals surface area contributed by atoms with E-state index in [-0.39, 0.29) is 34.6 Å². The number of nitrogens with zero attached hydrogens (tertiary/aromatic N) is 3. The number of anilines is 1. The van der Waals surface area contributed by atoms with Gasteiger partial charge in [-0.3, -0.25) is 14.9 Å². The summed E-state index contributed by atoms with van der Waals surface area (Å²) in [7, 11) is -0.758. The highest BCUT2D eigenvalue weighted by atomic mass is 32.2. The molecule has 1 unspecified atom stereocenters. The number of amides is 1. The quantitative estimate of drug-likeness (QED) is 0.356. The summed E-state index contributed by atoms with van der Waals surface area (Å²) in [6.45, 7) is 3.37. The van der Waals surface area contributed by atoms with Crippen LogP contribution in [0.2, 0.25) is 0 Å². The zero-order valence-corrected chi connectivity index (χ0v) is 17.8. The summed E-state index contributed by atoms with van der Waals surface area (Å²) < 4.78 is 32.1. The van der Waals surface area contributed by atoms with Gasteiger partial charge in [0, 0.05) is 39.9 Å². The topological polar surface area (TPSA) is 122 Å². The van der Waals surface area contributed by atoms with Gasteiger partial charge in [-0.25, -0.2) is 8.42 Å². The van der Waals surface area contributed by atoms with Gasteiger partial charge in [-0.1, -0.05) is 6.92 Å². The number of rotatable bonds is 9. The Balaban J connectivity index is 2.24. The number of benzene rings is 1. The highest BCUT2D eigenvalue weighted by Gasteiger charge is 2.31. The lowest BCUT2D eigenvalue weighted by Crippen LogP contribution is -2.39. The number of sulfonamides is 1. The SMILES string of the molecule is COCCNC(=O)CN(C)c1ccc(S(=O)(=O)N2CCCC(C)C2)cc1[N+](=O)[O-]. The Labute approximate surface area is 171 Å². The molecule has 2 rings (SSSR count). The molecule has 1 N–H and O–H groups in total. The molecule has 0 aromatic heterocycles. The van der Waals surface area contributed by atoms with Gasteiger partial charge in [0.1, 0.15) is 5.69 Å². The molecule has 11 heteroatoms. The lowest BCUT2D eigenvalue weighted by atomic mass is 10.0. The Kier molecular flexibility index (Phi) is 7.94. The largest absolute Gasteiger partial charge is 0.383 e. The zero-order chi connectivity index (χ0) is 21.6. The number of nitrogens with one attached hydrogen (secondary N) is 1. The van der Waals surface area contributed by atoms with E-state index in [4.69, 9.17) is 4.74 Å². The maximum Gasteiger partial charge on any atom is 0.293 e. The predicted molar refractivity (Wildman–Crippen MR) is 108 cm³/mol. The summed E-state index contributed by atoms with van der Waals surface area (Å²) in [6, 6.07) is 3.81. The Bertz CT molecular complexity index is 845. The van der Waals surface area contributed by atoms with Crippen LogP contribution in [0.5, 0.6) is 0 Å². The summed E-state index contributed by atoms with van der Waals surface area (Å²) in [5.74, 6) is -0.0756. The lowest BCUT2D eigenvalue weighted by molar-refractivity contribution is -0.384. The smallest absolute Gasteiger partial charge is 0.293 e. The molecule has 0 aliphatic carbocycles. The second kappa shape index (κ2) is 9.99. The summed E-state index contributed by atoms with van der Waals surface area (Å²) in [5.41, 5.74) is -0.189.